The highest BCUT2D eigenvalue weighted by molar-refractivity contribution is 7.92. The Morgan fingerprint density at radius 3 is 2.37 bits per heavy atom. The van der Waals surface area contributed by atoms with Crippen molar-refractivity contribution in [1.82, 2.24) is 5.32 Å². The van der Waals surface area contributed by atoms with Crippen LogP contribution in [0.4, 0.5) is 5.69 Å². The van der Waals surface area contributed by atoms with E-state index in [1.54, 1.807) is 48.5 Å². The van der Waals surface area contributed by atoms with E-state index in [0.717, 1.165) is 9.87 Å². The van der Waals surface area contributed by atoms with Crippen LogP contribution in [0.25, 0.3) is 0 Å². The van der Waals surface area contributed by atoms with Crippen LogP contribution in [0, 0.1) is 0 Å². The van der Waals surface area contributed by atoms with E-state index in [-0.39, 0.29) is 17.5 Å². The standard InChI is InChI=1S/C26H28N2O6S/c1-3-32-22-10-12-23(13-11-22)35(30,31)28(21-7-5-4-6-8-21)18-26(29)27-19(2)20-9-14-24-25(17-20)34-16-15-33-24/h4-14,17,19H,3,15-16,18H2,1-2H3,(H,27,29). The molecule has 1 atom stereocenters. The van der Waals surface area contributed by atoms with Crippen LogP contribution in [-0.2, 0) is 14.8 Å². The molecule has 0 radical (unpaired) electrons. The minimum atomic E-state index is -4.01. The molecule has 1 heterocycles. The second kappa shape index (κ2) is 10.7. The number of nitrogens with one attached hydrogen (secondary N) is 1. The summed E-state index contributed by atoms with van der Waals surface area (Å²) in [6.07, 6.45) is 0. The predicted molar refractivity (Wildman–Crippen MR) is 133 cm³/mol. The van der Waals surface area contributed by atoms with Crippen LogP contribution in [0.3, 0.4) is 0 Å². The molecule has 4 rings (SSSR count). The topological polar surface area (TPSA) is 94.2 Å². The molecule has 0 aromatic heterocycles. The van der Waals surface area contributed by atoms with Gasteiger partial charge in [0.2, 0.25) is 5.91 Å². The van der Waals surface area contributed by atoms with Gasteiger partial charge in [-0.25, -0.2) is 8.42 Å². The van der Waals surface area contributed by atoms with Gasteiger partial charge in [-0.15, -0.1) is 0 Å². The van der Waals surface area contributed by atoms with Gasteiger partial charge in [0.05, 0.1) is 23.2 Å². The summed E-state index contributed by atoms with van der Waals surface area (Å²) < 4.78 is 44.7. The van der Waals surface area contributed by atoms with Gasteiger partial charge in [-0.2, -0.15) is 0 Å². The Labute approximate surface area is 205 Å². The van der Waals surface area contributed by atoms with E-state index in [4.69, 9.17) is 14.2 Å². The largest absolute Gasteiger partial charge is 0.494 e. The van der Waals surface area contributed by atoms with E-state index in [1.165, 1.54) is 12.1 Å². The fourth-order valence-corrected chi connectivity index (χ4v) is 5.16. The van der Waals surface area contributed by atoms with Crippen molar-refractivity contribution in [2.24, 2.45) is 0 Å². The van der Waals surface area contributed by atoms with Gasteiger partial charge in [0.25, 0.3) is 10.0 Å². The summed E-state index contributed by atoms with van der Waals surface area (Å²) >= 11 is 0. The Bertz CT molecular complexity index is 1260. The summed E-state index contributed by atoms with van der Waals surface area (Å²) in [4.78, 5) is 13.1. The van der Waals surface area contributed by atoms with E-state index in [9.17, 15) is 13.2 Å². The van der Waals surface area contributed by atoms with Crippen molar-refractivity contribution in [2.75, 3.05) is 30.7 Å². The van der Waals surface area contributed by atoms with Crippen LogP contribution in [0.15, 0.2) is 77.7 Å². The van der Waals surface area contributed by atoms with Gasteiger partial charge >= 0.3 is 0 Å². The Morgan fingerprint density at radius 1 is 1.00 bits per heavy atom. The van der Waals surface area contributed by atoms with E-state index < -0.39 is 15.9 Å². The van der Waals surface area contributed by atoms with Crippen molar-refractivity contribution in [1.29, 1.82) is 0 Å². The molecule has 1 unspecified atom stereocenters. The van der Waals surface area contributed by atoms with Gasteiger partial charge in [0, 0.05) is 0 Å². The smallest absolute Gasteiger partial charge is 0.264 e. The third-order valence-corrected chi connectivity index (χ3v) is 7.29. The number of carbonyl (C=O) groups excluding carboxylic acids is 1. The lowest BCUT2D eigenvalue weighted by Gasteiger charge is -2.25. The summed E-state index contributed by atoms with van der Waals surface area (Å²) in [6, 6.07) is 19.8. The number of rotatable bonds is 9. The summed E-state index contributed by atoms with van der Waals surface area (Å²) in [5.41, 5.74) is 1.21. The zero-order valence-electron chi connectivity index (χ0n) is 19.6. The molecule has 0 fully saturated rings. The zero-order chi connectivity index (χ0) is 24.8. The monoisotopic (exact) mass is 496 g/mol. The molecule has 0 spiro atoms. The zero-order valence-corrected chi connectivity index (χ0v) is 20.5. The summed E-state index contributed by atoms with van der Waals surface area (Å²) in [7, 11) is -4.01. The van der Waals surface area contributed by atoms with Crippen LogP contribution in [-0.4, -0.2) is 40.7 Å². The Hall–Kier alpha value is -3.72. The Morgan fingerprint density at radius 2 is 1.69 bits per heavy atom. The first-order valence-corrected chi connectivity index (χ1v) is 12.8. The van der Waals surface area contributed by atoms with Gasteiger partial charge in [-0.1, -0.05) is 24.3 Å². The van der Waals surface area contributed by atoms with Crippen molar-refractivity contribution < 1.29 is 27.4 Å². The average molecular weight is 497 g/mol. The third-order valence-electron chi connectivity index (χ3n) is 5.50. The fraction of sp³-hybridized carbons (Fsp3) is 0.269. The molecule has 8 nitrogen and oxygen atoms in total. The molecule has 184 valence electrons. The van der Waals surface area contributed by atoms with Crippen LogP contribution in [0.2, 0.25) is 0 Å². The first-order chi connectivity index (χ1) is 16.9. The molecule has 0 saturated carbocycles. The molecule has 1 amide bonds. The number of fused-ring (bicyclic) bond motifs is 1. The molecular formula is C26H28N2O6S. The number of para-hydroxylation sites is 1. The Balaban J connectivity index is 1.54. The number of hydrogen-bond donors (Lipinski definition) is 1. The molecule has 1 aliphatic heterocycles. The van der Waals surface area contributed by atoms with Crippen LogP contribution < -0.4 is 23.8 Å². The minimum Gasteiger partial charge on any atom is -0.494 e. The highest BCUT2D eigenvalue weighted by atomic mass is 32.2. The maximum atomic E-state index is 13.5. The van der Waals surface area contributed by atoms with Crippen molar-refractivity contribution >= 4 is 21.6 Å². The van der Waals surface area contributed by atoms with Gasteiger partial charge in [-0.3, -0.25) is 9.10 Å². The first kappa shape index (κ1) is 24.4. The lowest BCUT2D eigenvalue weighted by atomic mass is 10.1. The Kier molecular flexibility index (Phi) is 7.45. The van der Waals surface area contributed by atoms with Gasteiger partial charge in [0.1, 0.15) is 25.5 Å². The molecule has 0 aliphatic carbocycles. The molecule has 1 N–H and O–H groups in total. The highest BCUT2D eigenvalue weighted by Gasteiger charge is 2.28. The predicted octanol–water partition coefficient (Wildman–Crippen LogP) is 3.93. The van der Waals surface area contributed by atoms with Crippen LogP contribution >= 0.6 is 0 Å². The lowest BCUT2D eigenvalue weighted by Crippen LogP contribution is -2.41. The number of nitrogens with zero attached hydrogens (tertiary/aromatic N) is 1. The van der Waals surface area contributed by atoms with E-state index in [0.29, 0.717) is 42.8 Å². The summed E-state index contributed by atoms with van der Waals surface area (Å²) in [5, 5.41) is 2.89. The molecule has 3 aromatic carbocycles. The van der Waals surface area contributed by atoms with Crippen molar-refractivity contribution in [3.05, 3.63) is 78.4 Å². The third kappa shape index (κ3) is 5.68. The molecule has 9 heteroatoms. The molecular weight excluding hydrogens is 468 g/mol. The number of carbonyl (C=O) groups is 1. The van der Waals surface area contributed by atoms with Gasteiger partial charge < -0.3 is 19.5 Å². The number of sulfonamides is 1. The second-order valence-corrected chi connectivity index (χ2v) is 9.81. The SMILES string of the molecule is CCOc1ccc(S(=O)(=O)N(CC(=O)NC(C)c2ccc3c(c2)OCCO3)c2ccccc2)cc1. The molecule has 3 aromatic rings. The maximum Gasteiger partial charge on any atom is 0.264 e. The van der Waals surface area contributed by atoms with Gasteiger partial charge in [-0.05, 0) is 67.9 Å². The summed E-state index contributed by atoms with van der Waals surface area (Å²) in [6.45, 7) is 4.74. The number of amides is 1. The van der Waals surface area contributed by atoms with Crippen molar-refractivity contribution in [3.63, 3.8) is 0 Å². The van der Waals surface area contributed by atoms with Gasteiger partial charge in [0.15, 0.2) is 11.5 Å². The minimum absolute atomic E-state index is 0.0671. The van der Waals surface area contributed by atoms with Crippen molar-refractivity contribution in [3.8, 4) is 17.2 Å². The maximum absolute atomic E-state index is 13.5. The lowest BCUT2D eigenvalue weighted by molar-refractivity contribution is -0.120. The van der Waals surface area contributed by atoms with E-state index in [1.807, 2.05) is 26.0 Å². The van der Waals surface area contributed by atoms with Crippen molar-refractivity contribution in [2.45, 2.75) is 24.8 Å². The fourth-order valence-electron chi connectivity index (χ4n) is 3.74. The number of ether oxygens (including phenoxy) is 3. The second-order valence-electron chi connectivity index (χ2n) is 7.94. The number of hydrogen-bond acceptors (Lipinski definition) is 6. The number of benzene rings is 3. The number of anilines is 1. The van der Waals surface area contributed by atoms with Crippen LogP contribution in [0.5, 0.6) is 17.2 Å². The molecule has 1 aliphatic rings. The summed E-state index contributed by atoms with van der Waals surface area (Å²) in [5.74, 6) is 1.42. The normalized spacial score (nSPS) is 13.5. The quantitative estimate of drug-likeness (QED) is 0.483. The van der Waals surface area contributed by atoms with E-state index >= 15 is 0 Å². The first-order valence-electron chi connectivity index (χ1n) is 11.4. The molecule has 35 heavy (non-hydrogen) atoms. The van der Waals surface area contributed by atoms with Crippen LogP contribution in [0.1, 0.15) is 25.5 Å². The average Bonchev–Trinajstić information content (AvgIpc) is 2.88. The molecule has 0 bridgehead atoms. The highest BCUT2D eigenvalue weighted by Crippen LogP contribution is 2.32. The molecule has 0 saturated heterocycles. The van der Waals surface area contributed by atoms with E-state index in [2.05, 4.69) is 5.32 Å².